The van der Waals surface area contributed by atoms with Gasteiger partial charge in [-0.2, -0.15) is 0 Å². The monoisotopic (exact) mass is 216 g/mol. The van der Waals surface area contributed by atoms with Crippen molar-refractivity contribution >= 4 is 11.7 Å². The molecule has 0 N–H and O–H groups in total. The summed E-state index contributed by atoms with van der Waals surface area (Å²) in [5, 5.41) is 0. The number of anilines is 1. The van der Waals surface area contributed by atoms with Gasteiger partial charge in [0.2, 0.25) is 0 Å². The highest BCUT2D eigenvalue weighted by molar-refractivity contribution is 6.01. The van der Waals surface area contributed by atoms with Crippen LogP contribution in [0.3, 0.4) is 0 Å². The summed E-state index contributed by atoms with van der Waals surface area (Å²) in [7, 11) is 0. The first-order valence-electron chi connectivity index (χ1n) is 5.15. The molecule has 3 heteroatoms. The number of carbonyl (C=O) groups is 1. The molecule has 0 saturated carbocycles. The molecular formula is C13H16N2O. The fourth-order valence-electron chi connectivity index (χ4n) is 1.29. The number of aromatic nitrogens is 1. The standard InChI is InChI=1S/C13H16N2O/c1-5-13(16)15(6-2)12-9-7-8-11(14-12)10(3)4/h5-10H,1-2H2,3-4H3. The van der Waals surface area contributed by atoms with Crippen LogP contribution in [-0.4, -0.2) is 10.9 Å². The molecule has 0 unspecified atom stereocenters. The first kappa shape index (κ1) is 12.2. The lowest BCUT2D eigenvalue weighted by Crippen LogP contribution is -2.23. The Morgan fingerprint density at radius 3 is 2.62 bits per heavy atom. The van der Waals surface area contributed by atoms with E-state index < -0.39 is 0 Å². The molecule has 0 aliphatic rings. The van der Waals surface area contributed by atoms with Gasteiger partial charge >= 0.3 is 0 Å². The number of pyridine rings is 1. The van der Waals surface area contributed by atoms with Gasteiger partial charge in [0.1, 0.15) is 5.82 Å². The maximum Gasteiger partial charge on any atom is 0.255 e. The average molecular weight is 216 g/mol. The molecule has 0 aromatic carbocycles. The molecule has 0 saturated heterocycles. The third kappa shape index (κ3) is 2.57. The van der Waals surface area contributed by atoms with Crippen LogP contribution in [0.5, 0.6) is 0 Å². The lowest BCUT2D eigenvalue weighted by molar-refractivity contribution is -0.113. The van der Waals surface area contributed by atoms with E-state index in [1.807, 2.05) is 12.1 Å². The zero-order valence-electron chi connectivity index (χ0n) is 9.68. The number of hydrogen-bond donors (Lipinski definition) is 0. The summed E-state index contributed by atoms with van der Waals surface area (Å²) in [5.74, 6) is 0.667. The largest absolute Gasteiger partial charge is 0.269 e. The van der Waals surface area contributed by atoms with Gasteiger partial charge in [0.25, 0.3) is 5.91 Å². The Morgan fingerprint density at radius 2 is 2.12 bits per heavy atom. The summed E-state index contributed by atoms with van der Waals surface area (Å²) in [6.45, 7) is 11.2. The first-order chi connectivity index (χ1) is 7.60. The van der Waals surface area contributed by atoms with Crippen LogP contribution in [0.15, 0.2) is 43.6 Å². The summed E-state index contributed by atoms with van der Waals surface area (Å²) in [6.07, 6.45) is 2.68. The normalized spacial score (nSPS) is 9.94. The SMILES string of the molecule is C=CC(=O)N(C=C)c1cccc(C(C)C)n1. The lowest BCUT2D eigenvalue weighted by Gasteiger charge is -2.16. The second-order valence-corrected chi connectivity index (χ2v) is 3.67. The molecule has 1 rings (SSSR count). The summed E-state index contributed by atoms with van der Waals surface area (Å²) >= 11 is 0. The van der Waals surface area contributed by atoms with Gasteiger partial charge in [0.15, 0.2) is 0 Å². The van der Waals surface area contributed by atoms with Crippen LogP contribution in [0.2, 0.25) is 0 Å². The van der Waals surface area contributed by atoms with E-state index in [1.54, 1.807) is 6.07 Å². The van der Waals surface area contributed by atoms with Crippen LogP contribution < -0.4 is 4.90 Å². The topological polar surface area (TPSA) is 33.2 Å². The maximum atomic E-state index is 11.5. The van der Waals surface area contributed by atoms with Gasteiger partial charge < -0.3 is 0 Å². The van der Waals surface area contributed by atoms with Gasteiger partial charge in [-0.1, -0.05) is 33.1 Å². The number of amides is 1. The minimum atomic E-state index is -0.233. The minimum absolute atomic E-state index is 0.233. The molecule has 0 fully saturated rings. The molecule has 1 aromatic rings. The van der Waals surface area contributed by atoms with Gasteiger partial charge in [-0.25, -0.2) is 4.98 Å². The van der Waals surface area contributed by atoms with Gasteiger partial charge in [0, 0.05) is 11.9 Å². The van der Waals surface area contributed by atoms with Crippen LogP contribution >= 0.6 is 0 Å². The first-order valence-corrected chi connectivity index (χ1v) is 5.15. The number of hydrogen-bond acceptors (Lipinski definition) is 2. The van der Waals surface area contributed by atoms with Crippen molar-refractivity contribution < 1.29 is 4.79 Å². The maximum absolute atomic E-state index is 11.5. The second-order valence-electron chi connectivity index (χ2n) is 3.67. The van der Waals surface area contributed by atoms with Gasteiger partial charge in [0.05, 0.1) is 0 Å². The van der Waals surface area contributed by atoms with Gasteiger partial charge in [-0.15, -0.1) is 0 Å². The molecular weight excluding hydrogens is 200 g/mol. The fraction of sp³-hybridized carbons (Fsp3) is 0.231. The Morgan fingerprint density at radius 1 is 1.44 bits per heavy atom. The third-order valence-corrected chi connectivity index (χ3v) is 2.19. The van der Waals surface area contributed by atoms with E-state index in [4.69, 9.17) is 0 Å². The molecule has 3 nitrogen and oxygen atoms in total. The van der Waals surface area contributed by atoms with Gasteiger partial charge in [-0.05, 0) is 24.1 Å². The summed E-state index contributed by atoms with van der Waals surface area (Å²) in [4.78, 5) is 17.3. The molecule has 0 spiro atoms. The highest BCUT2D eigenvalue weighted by Crippen LogP contribution is 2.17. The van der Waals surface area contributed by atoms with Crippen molar-refractivity contribution in [3.8, 4) is 0 Å². The predicted octanol–water partition coefficient (Wildman–Crippen LogP) is 2.87. The molecule has 0 atom stereocenters. The molecule has 0 aliphatic carbocycles. The van der Waals surface area contributed by atoms with Gasteiger partial charge in [-0.3, -0.25) is 9.69 Å². The fourth-order valence-corrected chi connectivity index (χ4v) is 1.29. The summed E-state index contributed by atoms with van der Waals surface area (Å²) in [5.41, 5.74) is 0.946. The second kappa shape index (κ2) is 5.26. The Kier molecular flexibility index (Phi) is 4.00. The van der Waals surface area contributed by atoms with Crippen molar-refractivity contribution in [2.45, 2.75) is 19.8 Å². The number of rotatable bonds is 4. The number of carbonyl (C=O) groups excluding carboxylic acids is 1. The van der Waals surface area contributed by atoms with E-state index in [0.717, 1.165) is 5.69 Å². The Hall–Kier alpha value is -1.90. The third-order valence-electron chi connectivity index (χ3n) is 2.19. The van der Waals surface area contributed by atoms with Crippen LogP contribution in [-0.2, 0) is 4.79 Å². The van der Waals surface area contributed by atoms with E-state index in [0.29, 0.717) is 11.7 Å². The van der Waals surface area contributed by atoms with Crippen LogP contribution in [0, 0.1) is 0 Å². The molecule has 0 bridgehead atoms. The van der Waals surface area contributed by atoms with Crippen molar-refractivity contribution in [2.24, 2.45) is 0 Å². The van der Waals surface area contributed by atoms with E-state index in [2.05, 4.69) is 32.0 Å². The van der Waals surface area contributed by atoms with Crippen LogP contribution in [0.1, 0.15) is 25.5 Å². The summed E-state index contributed by atoms with van der Waals surface area (Å²) in [6, 6.07) is 5.59. The van der Waals surface area contributed by atoms with E-state index in [9.17, 15) is 4.79 Å². The van der Waals surface area contributed by atoms with Crippen LogP contribution in [0.4, 0.5) is 5.82 Å². The molecule has 16 heavy (non-hydrogen) atoms. The van der Waals surface area contributed by atoms with E-state index in [-0.39, 0.29) is 5.91 Å². The molecule has 1 amide bonds. The van der Waals surface area contributed by atoms with Crippen LogP contribution in [0.25, 0.3) is 0 Å². The number of nitrogens with zero attached hydrogens (tertiary/aromatic N) is 2. The predicted molar refractivity (Wildman–Crippen MR) is 66.2 cm³/mol. The van der Waals surface area contributed by atoms with E-state index in [1.165, 1.54) is 17.2 Å². The molecule has 0 radical (unpaired) electrons. The quantitative estimate of drug-likeness (QED) is 0.725. The molecule has 84 valence electrons. The summed E-state index contributed by atoms with van der Waals surface area (Å²) < 4.78 is 0. The zero-order valence-corrected chi connectivity index (χ0v) is 9.68. The highest BCUT2D eigenvalue weighted by Gasteiger charge is 2.11. The average Bonchev–Trinajstić information content (AvgIpc) is 2.30. The minimum Gasteiger partial charge on any atom is -0.269 e. The van der Waals surface area contributed by atoms with Crippen molar-refractivity contribution in [1.29, 1.82) is 0 Å². The highest BCUT2D eigenvalue weighted by atomic mass is 16.2. The smallest absolute Gasteiger partial charge is 0.255 e. The van der Waals surface area contributed by atoms with Crippen molar-refractivity contribution in [3.05, 3.63) is 49.3 Å². The molecule has 1 heterocycles. The van der Waals surface area contributed by atoms with Crippen molar-refractivity contribution in [3.63, 3.8) is 0 Å². The molecule has 0 aliphatic heterocycles. The molecule has 1 aromatic heterocycles. The lowest BCUT2D eigenvalue weighted by atomic mass is 10.1. The Labute approximate surface area is 96.1 Å². The Bertz CT molecular complexity index is 410. The van der Waals surface area contributed by atoms with E-state index >= 15 is 0 Å². The zero-order chi connectivity index (χ0) is 12.1. The Balaban J connectivity index is 3.10. The van der Waals surface area contributed by atoms with Crippen molar-refractivity contribution in [2.75, 3.05) is 4.90 Å². The van der Waals surface area contributed by atoms with Crippen molar-refractivity contribution in [1.82, 2.24) is 4.98 Å².